The summed E-state index contributed by atoms with van der Waals surface area (Å²) in [6.07, 6.45) is 2.49. The minimum atomic E-state index is -0.517. The van der Waals surface area contributed by atoms with E-state index >= 15 is 0 Å². The summed E-state index contributed by atoms with van der Waals surface area (Å²) in [5.74, 6) is 0.583. The minimum Gasteiger partial charge on any atom is -0.315 e. The molecule has 0 aromatic heterocycles. The van der Waals surface area contributed by atoms with Crippen LogP contribution in [0.4, 0.5) is 4.79 Å². The van der Waals surface area contributed by atoms with Crippen molar-refractivity contribution in [3.8, 4) is 0 Å². The van der Waals surface area contributed by atoms with E-state index in [1.807, 2.05) is 50.1 Å². The molecule has 3 heterocycles. The highest BCUT2D eigenvalue weighted by atomic mass is 16.2. The van der Waals surface area contributed by atoms with Crippen LogP contribution in [-0.2, 0) is 11.3 Å². The zero-order chi connectivity index (χ0) is 22.4. The molecule has 2 unspecified atom stereocenters. The largest absolute Gasteiger partial charge is 0.328 e. The number of nitrogens with zero attached hydrogens (tertiary/aromatic N) is 6. The number of fused-ring (bicyclic) bond motifs is 3. The average molecular weight is 425 g/mol. The maximum Gasteiger partial charge on any atom is 0.328 e. The predicted octanol–water partition coefficient (Wildman–Crippen LogP) is 2.19. The number of urea groups is 1. The lowest BCUT2D eigenvalue weighted by molar-refractivity contribution is -0.137. The summed E-state index contributed by atoms with van der Waals surface area (Å²) in [6.45, 7) is 8.15. The van der Waals surface area contributed by atoms with Gasteiger partial charge < -0.3 is 19.6 Å². The van der Waals surface area contributed by atoms with E-state index in [0.717, 1.165) is 47.9 Å². The Morgan fingerprint density at radius 2 is 1.84 bits per heavy atom. The number of aryl methyl sites for hydroxylation is 2. The van der Waals surface area contributed by atoms with E-state index in [9.17, 15) is 9.59 Å². The van der Waals surface area contributed by atoms with Gasteiger partial charge in [-0.15, -0.1) is 0 Å². The van der Waals surface area contributed by atoms with E-state index in [0.29, 0.717) is 0 Å². The van der Waals surface area contributed by atoms with Crippen LogP contribution in [0.3, 0.4) is 0 Å². The van der Waals surface area contributed by atoms with Crippen molar-refractivity contribution in [3.05, 3.63) is 46.8 Å². The molecule has 8 heteroatoms. The zero-order valence-electron chi connectivity index (χ0n) is 19.3. The highest BCUT2D eigenvalue weighted by molar-refractivity contribution is 6.04. The van der Waals surface area contributed by atoms with Gasteiger partial charge in [0, 0.05) is 25.5 Å². The monoisotopic (exact) mass is 424 g/mol. The molecule has 0 aliphatic carbocycles. The molecule has 1 aromatic rings. The fourth-order valence-corrected chi connectivity index (χ4v) is 4.51. The fraction of sp³-hybridized carbons (Fsp3) is 0.522. The number of guanidine groups is 1. The van der Waals surface area contributed by atoms with Crippen molar-refractivity contribution in [2.24, 2.45) is 4.99 Å². The highest BCUT2D eigenvalue weighted by Gasteiger charge is 2.54. The van der Waals surface area contributed by atoms with E-state index in [1.165, 1.54) is 4.90 Å². The van der Waals surface area contributed by atoms with Crippen LogP contribution >= 0.6 is 0 Å². The SMILES string of the molecule is CC1=CN2C(=NC3C2C(=O)N(Cc2cc(C)ccc2C)C(=O)N3C)N1CCCN(C)C. The Labute approximate surface area is 184 Å². The maximum atomic E-state index is 13.5. The molecule has 1 fully saturated rings. The molecule has 0 radical (unpaired) electrons. The van der Waals surface area contributed by atoms with Crippen molar-refractivity contribution in [1.82, 2.24) is 24.5 Å². The minimum absolute atomic E-state index is 0.188. The van der Waals surface area contributed by atoms with Gasteiger partial charge in [0.05, 0.1) is 6.54 Å². The molecular formula is C23H32N6O2. The molecule has 31 heavy (non-hydrogen) atoms. The smallest absolute Gasteiger partial charge is 0.315 e. The second kappa shape index (κ2) is 8.00. The van der Waals surface area contributed by atoms with Gasteiger partial charge in [0.1, 0.15) is 0 Å². The molecule has 1 saturated heterocycles. The van der Waals surface area contributed by atoms with Crippen LogP contribution in [0.15, 0.2) is 35.1 Å². The summed E-state index contributed by atoms with van der Waals surface area (Å²) < 4.78 is 0. The van der Waals surface area contributed by atoms with Crippen LogP contribution in [0.25, 0.3) is 0 Å². The first-order valence-corrected chi connectivity index (χ1v) is 10.8. The second-order valence-electron chi connectivity index (χ2n) is 9.02. The molecule has 4 rings (SSSR count). The van der Waals surface area contributed by atoms with Gasteiger partial charge in [0.25, 0.3) is 5.91 Å². The van der Waals surface area contributed by atoms with Gasteiger partial charge in [0.15, 0.2) is 12.2 Å². The van der Waals surface area contributed by atoms with Gasteiger partial charge >= 0.3 is 6.03 Å². The average Bonchev–Trinajstić information content (AvgIpc) is 3.21. The zero-order valence-corrected chi connectivity index (χ0v) is 19.3. The van der Waals surface area contributed by atoms with Crippen molar-refractivity contribution in [2.45, 2.75) is 45.9 Å². The first-order valence-electron chi connectivity index (χ1n) is 10.8. The number of allylic oxidation sites excluding steroid dienone is 1. The summed E-state index contributed by atoms with van der Waals surface area (Å²) in [6, 6.07) is 5.31. The van der Waals surface area contributed by atoms with Crippen molar-refractivity contribution >= 4 is 17.9 Å². The number of imide groups is 1. The Balaban J connectivity index is 1.57. The number of rotatable bonds is 6. The first-order chi connectivity index (χ1) is 14.7. The lowest BCUT2D eigenvalue weighted by Gasteiger charge is -2.40. The van der Waals surface area contributed by atoms with Gasteiger partial charge in [-0.2, -0.15) is 0 Å². The predicted molar refractivity (Wildman–Crippen MR) is 120 cm³/mol. The van der Waals surface area contributed by atoms with Gasteiger partial charge in [-0.05, 0) is 59.0 Å². The van der Waals surface area contributed by atoms with E-state index in [-0.39, 0.29) is 18.5 Å². The molecule has 0 N–H and O–H groups in total. The van der Waals surface area contributed by atoms with E-state index in [1.54, 1.807) is 11.9 Å². The molecule has 3 aliphatic heterocycles. The van der Waals surface area contributed by atoms with Gasteiger partial charge in [-0.3, -0.25) is 9.69 Å². The van der Waals surface area contributed by atoms with E-state index in [4.69, 9.17) is 4.99 Å². The summed E-state index contributed by atoms with van der Waals surface area (Å²) in [5.41, 5.74) is 4.25. The van der Waals surface area contributed by atoms with Gasteiger partial charge in [-0.1, -0.05) is 23.8 Å². The molecule has 166 valence electrons. The number of carbonyl (C=O) groups excluding carboxylic acids is 2. The van der Waals surface area contributed by atoms with Crippen LogP contribution < -0.4 is 0 Å². The molecule has 0 spiro atoms. The Hall–Kier alpha value is -2.87. The molecule has 0 bridgehead atoms. The van der Waals surface area contributed by atoms with Crippen LogP contribution in [0.1, 0.15) is 30.0 Å². The number of carbonyl (C=O) groups is 2. The number of likely N-dealkylation sites (N-methyl/N-ethyl adjacent to an activating group) is 1. The number of hydrogen-bond donors (Lipinski definition) is 0. The van der Waals surface area contributed by atoms with Crippen molar-refractivity contribution in [2.75, 3.05) is 34.2 Å². The van der Waals surface area contributed by atoms with Crippen LogP contribution in [0, 0.1) is 13.8 Å². The topological polar surface area (TPSA) is 62.7 Å². The van der Waals surface area contributed by atoms with E-state index < -0.39 is 12.2 Å². The molecule has 0 saturated carbocycles. The second-order valence-corrected chi connectivity index (χ2v) is 9.02. The summed E-state index contributed by atoms with van der Waals surface area (Å²) >= 11 is 0. The fourth-order valence-electron chi connectivity index (χ4n) is 4.51. The maximum absolute atomic E-state index is 13.5. The van der Waals surface area contributed by atoms with Crippen molar-refractivity contribution < 1.29 is 9.59 Å². The Morgan fingerprint density at radius 3 is 2.55 bits per heavy atom. The number of hydrogen-bond acceptors (Lipinski definition) is 6. The summed E-state index contributed by atoms with van der Waals surface area (Å²) in [7, 11) is 5.86. The standard InChI is InChI=1S/C23H32N6O2/c1-15-8-9-16(2)18(12-15)14-29-21(30)19-20(26(6)23(29)31)24-22-27(11-7-10-25(4)5)17(3)13-28(19)22/h8-9,12-13,19-20H,7,10-11,14H2,1-6H3. The first kappa shape index (κ1) is 21.4. The van der Waals surface area contributed by atoms with Crippen LogP contribution in [0.2, 0.25) is 0 Å². The summed E-state index contributed by atoms with van der Waals surface area (Å²) in [5, 5.41) is 0. The number of benzene rings is 1. The Kier molecular flexibility index (Phi) is 5.51. The molecule has 8 nitrogen and oxygen atoms in total. The third kappa shape index (κ3) is 3.69. The molecule has 3 aliphatic rings. The lowest BCUT2D eigenvalue weighted by Crippen LogP contribution is -2.63. The number of amides is 3. The van der Waals surface area contributed by atoms with Crippen LogP contribution in [0.5, 0.6) is 0 Å². The van der Waals surface area contributed by atoms with E-state index in [2.05, 4.69) is 23.9 Å². The third-order valence-corrected chi connectivity index (χ3v) is 6.32. The van der Waals surface area contributed by atoms with Crippen LogP contribution in [-0.4, -0.2) is 88.8 Å². The van der Waals surface area contributed by atoms with Crippen molar-refractivity contribution in [3.63, 3.8) is 0 Å². The number of aliphatic imine (C=N–C) groups is 1. The lowest BCUT2D eigenvalue weighted by atomic mass is 10.0. The molecule has 1 aromatic carbocycles. The third-order valence-electron chi connectivity index (χ3n) is 6.32. The normalized spacial score (nSPS) is 22.9. The highest BCUT2D eigenvalue weighted by Crippen LogP contribution is 2.34. The Bertz CT molecular complexity index is 969. The van der Waals surface area contributed by atoms with Gasteiger partial charge in [0.2, 0.25) is 5.96 Å². The Morgan fingerprint density at radius 1 is 1.10 bits per heavy atom. The molecule has 3 amide bonds. The summed E-state index contributed by atoms with van der Waals surface area (Å²) in [4.78, 5) is 40.7. The van der Waals surface area contributed by atoms with Crippen molar-refractivity contribution in [1.29, 1.82) is 0 Å². The molecule has 2 atom stereocenters. The molecular weight excluding hydrogens is 392 g/mol. The van der Waals surface area contributed by atoms with Gasteiger partial charge in [-0.25, -0.2) is 9.79 Å². The quantitative estimate of drug-likeness (QED) is 0.701.